The van der Waals surface area contributed by atoms with Gasteiger partial charge < -0.3 is 10.4 Å². The van der Waals surface area contributed by atoms with E-state index in [1.807, 2.05) is 24.3 Å². The Morgan fingerprint density at radius 3 is 2.44 bits per heavy atom. The second kappa shape index (κ2) is 6.24. The van der Waals surface area contributed by atoms with Gasteiger partial charge in [-0.1, -0.05) is 31.4 Å². The predicted octanol–water partition coefficient (Wildman–Crippen LogP) is 3.53. The zero-order chi connectivity index (χ0) is 12.8. The van der Waals surface area contributed by atoms with Gasteiger partial charge in [0.25, 0.3) is 0 Å². The fourth-order valence-electron chi connectivity index (χ4n) is 2.34. The van der Waals surface area contributed by atoms with Gasteiger partial charge in [0, 0.05) is 17.8 Å². The fourth-order valence-corrected chi connectivity index (χ4v) is 2.34. The molecule has 0 spiro atoms. The maximum absolute atomic E-state index is 10.4. The Kier molecular flexibility index (Phi) is 4.40. The van der Waals surface area contributed by atoms with E-state index < -0.39 is 5.97 Å². The summed E-state index contributed by atoms with van der Waals surface area (Å²) in [7, 11) is 0. The van der Waals surface area contributed by atoms with Crippen molar-refractivity contribution < 1.29 is 9.90 Å². The first-order valence-corrected chi connectivity index (χ1v) is 6.51. The topological polar surface area (TPSA) is 49.3 Å². The third-order valence-corrected chi connectivity index (χ3v) is 3.31. The predicted molar refractivity (Wildman–Crippen MR) is 73.6 cm³/mol. The molecule has 0 bridgehead atoms. The van der Waals surface area contributed by atoms with Gasteiger partial charge in [-0.3, -0.25) is 0 Å². The van der Waals surface area contributed by atoms with Crippen LogP contribution in [0.1, 0.15) is 37.7 Å². The molecular weight excluding hydrogens is 226 g/mol. The highest BCUT2D eigenvalue weighted by Crippen LogP contribution is 2.21. The molecule has 2 N–H and O–H groups in total. The summed E-state index contributed by atoms with van der Waals surface area (Å²) in [6.07, 6.45) is 9.25. The highest BCUT2D eigenvalue weighted by atomic mass is 16.4. The van der Waals surface area contributed by atoms with Gasteiger partial charge in [0.05, 0.1) is 0 Å². The molecule has 0 amide bonds. The minimum absolute atomic E-state index is 0.596. The Bertz CT molecular complexity index is 417. The molecule has 1 aliphatic rings. The van der Waals surface area contributed by atoms with Gasteiger partial charge in [0.15, 0.2) is 0 Å². The first-order valence-electron chi connectivity index (χ1n) is 6.51. The normalized spacial score (nSPS) is 16.9. The van der Waals surface area contributed by atoms with Crippen LogP contribution >= 0.6 is 0 Å². The number of hydrogen-bond donors (Lipinski definition) is 2. The Morgan fingerprint density at radius 1 is 1.17 bits per heavy atom. The lowest BCUT2D eigenvalue weighted by Gasteiger charge is -2.23. The van der Waals surface area contributed by atoms with Crippen LogP contribution in [0.2, 0.25) is 0 Å². The maximum Gasteiger partial charge on any atom is 0.328 e. The molecule has 18 heavy (non-hydrogen) atoms. The van der Waals surface area contributed by atoms with Crippen LogP contribution in [0.25, 0.3) is 6.08 Å². The van der Waals surface area contributed by atoms with E-state index in [4.69, 9.17) is 5.11 Å². The molecule has 3 heteroatoms. The van der Waals surface area contributed by atoms with E-state index in [0.717, 1.165) is 17.3 Å². The molecule has 0 aliphatic heterocycles. The summed E-state index contributed by atoms with van der Waals surface area (Å²) < 4.78 is 0. The van der Waals surface area contributed by atoms with E-state index >= 15 is 0 Å². The van der Waals surface area contributed by atoms with Crippen molar-refractivity contribution in [3.63, 3.8) is 0 Å². The third-order valence-electron chi connectivity index (χ3n) is 3.31. The molecule has 0 atom stereocenters. The van der Waals surface area contributed by atoms with Crippen molar-refractivity contribution in [2.75, 3.05) is 5.32 Å². The van der Waals surface area contributed by atoms with Gasteiger partial charge >= 0.3 is 5.97 Å². The average Bonchev–Trinajstić information content (AvgIpc) is 2.39. The van der Waals surface area contributed by atoms with Crippen LogP contribution in [0.3, 0.4) is 0 Å². The first kappa shape index (κ1) is 12.7. The summed E-state index contributed by atoms with van der Waals surface area (Å²) in [6.45, 7) is 0. The molecule has 2 rings (SSSR count). The lowest BCUT2D eigenvalue weighted by Crippen LogP contribution is -2.22. The number of hydrogen-bond acceptors (Lipinski definition) is 2. The van der Waals surface area contributed by atoms with Crippen molar-refractivity contribution in [1.29, 1.82) is 0 Å². The van der Waals surface area contributed by atoms with Crippen molar-refractivity contribution in [2.45, 2.75) is 38.1 Å². The zero-order valence-electron chi connectivity index (χ0n) is 10.4. The SMILES string of the molecule is O=C(O)/C=C/c1ccc(NC2CCCCC2)cc1. The number of nitrogens with one attached hydrogen (secondary N) is 1. The van der Waals surface area contributed by atoms with E-state index in [-0.39, 0.29) is 0 Å². The summed E-state index contributed by atoms with van der Waals surface area (Å²) in [4.78, 5) is 10.4. The zero-order valence-corrected chi connectivity index (χ0v) is 10.4. The van der Waals surface area contributed by atoms with E-state index in [0.29, 0.717) is 6.04 Å². The smallest absolute Gasteiger partial charge is 0.328 e. The van der Waals surface area contributed by atoms with Crippen molar-refractivity contribution in [1.82, 2.24) is 0 Å². The second-order valence-electron chi connectivity index (χ2n) is 4.77. The van der Waals surface area contributed by atoms with Gasteiger partial charge in [0.2, 0.25) is 0 Å². The van der Waals surface area contributed by atoms with Gasteiger partial charge in [0.1, 0.15) is 0 Å². The van der Waals surface area contributed by atoms with Crippen LogP contribution in [0, 0.1) is 0 Å². The molecule has 0 unspecified atom stereocenters. The second-order valence-corrected chi connectivity index (χ2v) is 4.77. The number of rotatable bonds is 4. The highest BCUT2D eigenvalue weighted by molar-refractivity contribution is 5.85. The summed E-state index contributed by atoms with van der Waals surface area (Å²) in [5.74, 6) is -0.917. The van der Waals surface area contributed by atoms with E-state index in [1.165, 1.54) is 32.1 Å². The van der Waals surface area contributed by atoms with Crippen molar-refractivity contribution in [3.8, 4) is 0 Å². The third kappa shape index (κ3) is 3.91. The number of carboxylic acids is 1. The van der Waals surface area contributed by atoms with E-state index in [9.17, 15) is 4.79 Å². The number of aliphatic carboxylic acids is 1. The first-order chi connectivity index (χ1) is 8.74. The van der Waals surface area contributed by atoms with Crippen molar-refractivity contribution in [2.24, 2.45) is 0 Å². The Balaban J connectivity index is 1.92. The molecule has 0 heterocycles. The van der Waals surface area contributed by atoms with Crippen LogP contribution in [-0.4, -0.2) is 17.1 Å². The molecule has 1 aromatic carbocycles. The number of carboxylic acid groups (broad SMARTS) is 1. The molecule has 1 aromatic rings. The minimum atomic E-state index is -0.917. The van der Waals surface area contributed by atoms with E-state index in [2.05, 4.69) is 5.32 Å². The van der Waals surface area contributed by atoms with Gasteiger partial charge in [-0.15, -0.1) is 0 Å². The Morgan fingerprint density at radius 2 is 1.83 bits per heavy atom. The largest absolute Gasteiger partial charge is 0.478 e. The lowest BCUT2D eigenvalue weighted by atomic mass is 9.95. The van der Waals surface area contributed by atoms with Crippen molar-refractivity contribution in [3.05, 3.63) is 35.9 Å². The van der Waals surface area contributed by atoms with E-state index in [1.54, 1.807) is 6.08 Å². The Hall–Kier alpha value is -1.77. The molecule has 0 aromatic heterocycles. The van der Waals surface area contributed by atoms with Crippen molar-refractivity contribution >= 4 is 17.7 Å². The molecule has 0 saturated heterocycles. The summed E-state index contributed by atoms with van der Waals surface area (Å²) in [6, 6.07) is 8.49. The van der Waals surface area contributed by atoms with Crippen LogP contribution in [0.4, 0.5) is 5.69 Å². The standard InChI is InChI=1S/C15H19NO2/c17-15(18)11-8-12-6-9-14(10-7-12)16-13-4-2-1-3-5-13/h6-11,13,16H,1-5H2,(H,17,18)/b11-8+. The number of carbonyl (C=O) groups is 1. The van der Waals surface area contributed by atoms with Gasteiger partial charge in [-0.25, -0.2) is 4.79 Å². The molecule has 3 nitrogen and oxygen atoms in total. The van der Waals surface area contributed by atoms with Gasteiger partial charge in [-0.2, -0.15) is 0 Å². The number of benzene rings is 1. The monoisotopic (exact) mass is 245 g/mol. The lowest BCUT2D eigenvalue weighted by molar-refractivity contribution is -0.131. The summed E-state index contributed by atoms with van der Waals surface area (Å²) in [5.41, 5.74) is 2.03. The molecule has 1 fully saturated rings. The average molecular weight is 245 g/mol. The molecule has 1 aliphatic carbocycles. The summed E-state index contributed by atoms with van der Waals surface area (Å²) in [5, 5.41) is 12.1. The minimum Gasteiger partial charge on any atom is -0.478 e. The fraction of sp³-hybridized carbons (Fsp3) is 0.400. The highest BCUT2D eigenvalue weighted by Gasteiger charge is 2.12. The molecule has 0 radical (unpaired) electrons. The molecular formula is C15H19NO2. The molecule has 1 saturated carbocycles. The summed E-state index contributed by atoms with van der Waals surface area (Å²) >= 11 is 0. The quantitative estimate of drug-likeness (QED) is 0.798. The van der Waals surface area contributed by atoms with Crippen LogP contribution in [0.5, 0.6) is 0 Å². The maximum atomic E-state index is 10.4. The number of anilines is 1. The van der Waals surface area contributed by atoms with Crippen LogP contribution < -0.4 is 5.32 Å². The van der Waals surface area contributed by atoms with Crippen LogP contribution in [0.15, 0.2) is 30.3 Å². The molecule has 96 valence electrons. The van der Waals surface area contributed by atoms with Crippen LogP contribution in [-0.2, 0) is 4.79 Å². The Labute approximate surface area is 108 Å². The van der Waals surface area contributed by atoms with Gasteiger partial charge in [-0.05, 0) is 36.6 Å².